The zero-order chi connectivity index (χ0) is 18.8. The topological polar surface area (TPSA) is 77.5 Å². The van der Waals surface area contributed by atoms with E-state index in [1.807, 2.05) is 24.3 Å². The predicted octanol–water partition coefficient (Wildman–Crippen LogP) is 2.81. The number of anilines is 1. The van der Waals surface area contributed by atoms with E-state index in [2.05, 4.69) is 36.4 Å². The van der Waals surface area contributed by atoms with E-state index in [0.717, 1.165) is 48.2 Å². The summed E-state index contributed by atoms with van der Waals surface area (Å²) in [5.41, 5.74) is 1.50. The lowest BCUT2D eigenvalue weighted by atomic mass is 10.2. The maximum atomic E-state index is 12.1. The van der Waals surface area contributed by atoms with Gasteiger partial charge in [0.2, 0.25) is 0 Å². The van der Waals surface area contributed by atoms with Crippen molar-refractivity contribution in [3.63, 3.8) is 0 Å². The molecule has 0 bridgehead atoms. The number of aromatic nitrogens is 1. The number of rotatable bonds is 6. The molecule has 4 rings (SSSR count). The first-order chi connectivity index (χ1) is 13.1. The molecule has 2 aromatic rings. The monoisotopic (exact) mass is 430 g/mol. The Morgan fingerprint density at radius 2 is 2.07 bits per heavy atom. The van der Waals surface area contributed by atoms with Gasteiger partial charge >= 0.3 is 0 Å². The van der Waals surface area contributed by atoms with Gasteiger partial charge in [0.25, 0.3) is 5.91 Å². The van der Waals surface area contributed by atoms with E-state index in [4.69, 9.17) is 0 Å². The number of benzene rings is 1. The van der Waals surface area contributed by atoms with Crippen molar-refractivity contribution in [2.45, 2.75) is 37.9 Å². The van der Waals surface area contributed by atoms with Gasteiger partial charge in [0.1, 0.15) is 11.6 Å². The van der Waals surface area contributed by atoms with Crippen molar-refractivity contribution in [1.82, 2.24) is 15.6 Å². The zero-order valence-electron chi connectivity index (χ0n) is 15.0. The molecule has 6 nitrogen and oxygen atoms in total. The van der Waals surface area contributed by atoms with Gasteiger partial charge in [-0.25, -0.2) is 4.98 Å². The highest BCUT2D eigenvalue weighted by Gasteiger charge is 2.25. The minimum atomic E-state index is -0.0358. The number of nitrogens with zero attached hydrogens (tertiary/aromatic N) is 2. The van der Waals surface area contributed by atoms with Gasteiger partial charge in [-0.05, 0) is 49.6 Å². The predicted molar refractivity (Wildman–Crippen MR) is 108 cm³/mol. The Balaban J connectivity index is 1.31. The third-order valence-electron chi connectivity index (χ3n) is 5.06. The first-order valence-corrected chi connectivity index (χ1v) is 10.1. The fraction of sp³-hybridized carbons (Fsp3) is 0.400. The molecule has 0 spiro atoms. The minimum absolute atomic E-state index is 0.0358. The minimum Gasteiger partial charge on any atom is -0.508 e. The SMILES string of the molecule is O=C(NC1CC1)c1ccc(N2CC[C@@H](NCc3cc(Br)ccc3O)C2)nc1. The fourth-order valence-electron chi connectivity index (χ4n) is 3.29. The van der Waals surface area contributed by atoms with Gasteiger partial charge in [0.05, 0.1) is 5.56 Å². The normalized spacial score (nSPS) is 19.3. The van der Waals surface area contributed by atoms with E-state index in [1.54, 1.807) is 12.3 Å². The van der Waals surface area contributed by atoms with Crippen molar-refractivity contribution in [3.05, 3.63) is 52.1 Å². The first-order valence-electron chi connectivity index (χ1n) is 9.31. The molecule has 1 atom stereocenters. The number of aromatic hydroxyl groups is 1. The lowest BCUT2D eigenvalue weighted by Gasteiger charge is -2.18. The second-order valence-electron chi connectivity index (χ2n) is 7.24. The largest absolute Gasteiger partial charge is 0.508 e. The number of phenolic OH excluding ortho intramolecular Hbond substituents is 1. The van der Waals surface area contributed by atoms with Gasteiger partial charge in [-0.15, -0.1) is 0 Å². The van der Waals surface area contributed by atoms with E-state index >= 15 is 0 Å². The molecule has 2 fully saturated rings. The van der Waals surface area contributed by atoms with E-state index in [0.29, 0.717) is 29.9 Å². The van der Waals surface area contributed by atoms with Crippen LogP contribution in [0.25, 0.3) is 0 Å². The third-order valence-corrected chi connectivity index (χ3v) is 5.55. The molecule has 3 N–H and O–H groups in total. The Hall–Kier alpha value is -2.12. The molecule has 0 unspecified atom stereocenters. The van der Waals surface area contributed by atoms with Crippen molar-refractivity contribution in [2.24, 2.45) is 0 Å². The molecule has 0 radical (unpaired) electrons. The number of nitrogens with one attached hydrogen (secondary N) is 2. The number of pyridine rings is 1. The summed E-state index contributed by atoms with van der Waals surface area (Å²) in [6, 6.07) is 9.92. The lowest BCUT2D eigenvalue weighted by molar-refractivity contribution is 0.0950. The van der Waals surface area contributed by atoms with Crippen LogP contribution < -0.4 is 15.5 Å². The van der Waals surface area contributed by atoms with Gasteiger partial charge in [0.15, 0.2) is 0 Å². The van der Waals surface area contributed by atoms with Crippen LogP contribution >= 0.6 is 15.9 Å². The summed E-state index contributed by atoms with van der Waals surface area (Å²) in [5.74, 6) is 1.17. The maximum absolute atomic E-state index is 12.1. The Morgan fingerprint density at radius 3 is 2.81 bits per heavy atom. The summed E-state index contributed by atoms with van der Waals surface area (Å²) >= 11 is 3.44. The molecule has 1 aliphatic heterocycles. The number of carbonyl (C=O) groups is 1. The number of hydrogen-bond donors (Lipinski definition) is 3. The summed E-state index contributed by atoms with van der Waals surface area (Å²) < 4.78 is 0.958. The van der Waals surface area contributed by atoms with E-state index < -0.39 is 0 Å². The van der Waals surface area contributed by atoms with E-state index in [-0.39, 0.29) is 5.91 Å². The quantitative estimate of drug-likeness (QED) is 0.656. The number of phenols is 1. The average Bonchev–Trinajstić information content (AvgIpc) is 3.36. The highest BCUT2D eigenvalue weighted by Crippen LogP contribution is 2.23. The Morgan fingerprint density at radius 1 is 1.22 bits per heavy atom. The Kier molecular flexibility index (Phi) is 5.31. The van der Waals surface area contributed by atoms with E-state index in [9.17, 15) is 9.90 Å². The Labute approximate surface area is 167 Å². The highest BCUT2D eigenvalue weighted by molar-refractivity contribution is 9.10. The molecular weight excluding hydrogens is 408 g/mol. The van der Waals surface area contributed by atoms with Crippen LogP contribution in [0.5, 0.6) is 5.75 Å². The second-order valence-corrected chi connectivity index (χ2v) is 8.15. The summed E-state index contributed by atoms with van der Waals surface area (Å²) in [6.45, 7) is 2.40. The number of amides is 1. The van der Waals surface area contributed by atoms with Crippen LogP contribution in [0.2, 0.25) is 0 Å². The van der Waals surface area contributed by atoms with Gasteiger partial charge in [-0.1, -0.05) is 15.9 Å². The van der Waals surface area contributed by atoms with Crippen molar-refractivity contribution >= 4 is 27.7 Å². The molecule has 2 aliphatic rings. The third kappa shape index (κ3) is 4.59. The fourth-order valence-corrected chi connectivity index (χ4v) is 3.70. The van der Waals surface area contributed by atoms with Crippen LogP contribution in [0.15, 0.2) is 41.0 Å². The molecule has 1 aromatic carbocycles. The van der Waals surface area contributed by atoms with Gasteiger partial charge in [-0.2, -0.15) is 0 Å². The molecule has 1 saturated heterocycles. The maximum Gasteiger partial charge on any atom is 0.253 e. The van der Waals surface area contributed by atoms with Crippen molar-refractivity contribution < 1.29 is 9.90 Å². The van der Waals surface area contributed by atoms with Crippen LogP contribution in [0.1, 0.15) is 35.2 Å². The van der Waals surface area contributed by atoms with Gasteiger partial charge in [0, 0.05) is 48.0 Å². The Bertz CT molecular complexity index is 823. The molecule has 142 valence electrons. The zero-order valence-corrected chi connectivity index (χ0v) is 16.6. The average molecular weight is 431 g/mol. The second kappa shape index (κ2) is 7.86. The smallest absolute Gasteiger partial charge is 0.253 e. The molecule has 1 aromatic heterocycles. The van der Waals surface area contributed by atoms with Crippen molar-refractivity contribution in [3.8, 4) is 5.75 Å². The highest BCUT2D eigenvalue weighted by atomic mass is 79.9. The number of carbonyl (C=O) groups excluding carboxylic acids is 1. The number of halogens is 1. The summed E-state index contributed by atoms with van der Waals surface area (Å²) in [6.07, 6.45) is 4.84. The molecular formula is C20H23BrN4O2. The van der Waals surface area contributed by atoms with Crippen molar-refractivity contribution in [2.75, 3.05) is 18.0 Å². The van der Waals surface area contributed by atoms with Gasteiger partial charge < -0.3 is 20.6 Å². The molecule has 27 heavy (non-hydrogen) atoms. The lowest BCUT2D eigenvalue weighted by Crippen LogP contribution is -2.32. The van der Waals surface area contributed by atoms with Crippen LogP contribution in [0.4, 0.5) is 5.82 Å². The van der Waals surface area contributed by atoms with Crippen LogP contribution in [-0.2, 0) is 6.54 Å². The summed E-state index contributed by atoms with van der Waals surface area (Å²) in [7, 11) is 0. The summed E-state index contributed by atoms with van der Waals surface area (Å²) in [5, 5.41) is 16.4. The molecule has 1 saturated carbocycles. The summed E-state index contributed by atoms with van der Waals surface area (Å²) in [4.78, 5) is 18.8. The molecule has 2 heterocycles. The number of hydrogen-bond acceptors (Lipinski definition) is 5. The van der Waals surface area contributed by atoms with E-state index in [1.165, 1.54) is 0 Å². The van der Waals surface area contributed by atoms with Crippen LogP contribution in [-0.4, -0.2) is 41.2 Å². The van der Waals surface area contributed by atoms with Crippen LogP contribution in [0, 0.1) is 0 Å². The van der Waals surface area contributed by atoms with Crippen LogP contribution in [0.3, 0.4) is 0 Å². The standard InChI is InChI=1S/C20H23BrN4O2/c21-15-2-5-18(26)14(9-15)11-22-17-7-8-25(12-17)19-6-1-13(10-23-19)20(27)24-16-3-4-16/h1-2,5-6,9-10,16-17,22,26H,3-4,7-8,11-12H2,(H,24,27)/t17-/m1/s1. The first kappa shape index (κ1) is 18.3. The van der Waals surface area contributed by atoms with Crippen molar-refractivity contribution in [1.29, 1.82) is 0 Å². The molecule has 7 heteroatoms. The molecule has 1 aliphatic carbocycles. The van der Waals surface area contributed by atoms with Gasteiger partial charge in [-0.3, -0.25) is 4.79 Å². The molecule has 1 amide bonds.